The number of carboxylic acid groups (broad SMARTS) is 1. The molecule has 0 radical (unpaired) electrons. The lowest BCUT2D eigenvalue weighted by Crippen LogP contribution is -1.98. The summed E-state index contributed by atoms with van der Waals surface area (Å²) >= 11 is 0.868. The van der Waals surface area contributed by atoms with Crippen LogP contribution in [0.25, 0.3) is 10.8 Å². The average molecular weight is 379 g/mol. The van der Waals surface area contributed by atoms with Crippen molar-refractivity contribution in [3.8, 4) is 5.75 Å². The van der Waals surface area contributed by atoms with E-state index in [1.165, 1.54) is 0 Å². The number of aromatic nitrogens is 3. The molecule has 3 aromatic rings. The van der Waals surface area contributed by atoms with Gasteiger partial charge in [0.2, 0.25) is 5.82 Å². The number of carboxylic acids is 1. The summed E-state index contributed by atoms with van der Waals surface area (Å²) < 4.78 is 18.5. The number of H-pyrrole nitrogens is 1. The lowest BCUT2D eigenvalue weighted by molar-refractivity contribution is 0.0684. The van der Waals surface area contributed by atoms with Gasteiger partial charge in [-0.2, -0.15) is 4.98 Å². The van der Waals surface area contributed by atoms with E-state index in [9.17, 15) is 19.0 Å². The quantitative estimate of drug-likeness (QED) is 0.326. The minimum Gasteiger partial charge on any atom is -0.504 e. The van der Waals surface area contributed by atoms with Crippen molar-refractivity contribution in [2.75, 3.05) is 0 Å². The van der Waals surface area contributed by atoms with Crippen LogP contribution in [0.5, 0.6) is 5.75 Å². The number of benzene rings is 2. The van der Waals surface area contributed by atoms with Gasteiger partial charge in [-0.05, 0) is 23.6 Å². The Hall–Kier alpha value is -2.67. The first kappa shape index (κ1) is 17.2. The molecule has 1 aromatic heterocycles. The van der Waals surface area contributed by atoms with Gasteiger partial charge in [0.05, 0.1) is 4.90 Å². The van der Waals surface area contributed by atoms with Gasteiger partial charge in [-0.15, -0.1) is 15.3 Å². The lowest BCUT2D eigenvalue weighted by Gasteiger charge is -2.08. The molecule has 0 saturated carbocycles. The minimum absolute atomic E-state index is 0.0200. The number of aromatic carboxylic acids is 1. The number of nitrogens with one attached hydrogen (secondary N) is 1. The molecule has 12 heteroatoms. The van der Waals surface area contributed by atoms with Crippen molar-refractivity contribution in [1.29, 1.82) is 0 Å². The highest BCUT2D eigenvalue weighted by Gasteiger charge is 2.15. The highest BCUT2D eigenvalue weighted by molar-refractivity contribution is 7.94. The third-order valence-corrected chi connectivity index (χ3v) is 4.12. The Morgan fingerprint density at radius 3 is 2.60 bits per heavy atom. The maximum absolute atomic E-state index is 10.8. The van der Waals surface area contributed by atoms with Gasteiger partial charge < -0.3 is 19.3 Å². The molecule has 0 amide bonds. The second-order valence-corrected chi connectivity index (χ2v) is 5.90. The first-order chi connectivity index (χ1) is 12.0. The van der Waals surface area contributed by atoms with Crippen LogP contribution in [0.15, 0.2) is 44.3 Å². The van der Waals surface area contributed by atoms with Gasteiger partial charge >= 0.3 is 5.97 Å². The molecule has 0 saturated heterocycles. The van der Waals surface area contributed by atoms with Crippen molar-refractivity contribution in [3.05, 3.63) is 30.1 Å². The largest absolute Gasteiger partial charge is 0.504 e. The lowest BCUT2D eigenvalue weighted by atomic mass is 10.1. The Labute approximate surface area is 148 Å². The number of hydrogen-bond acceptors (Lipinski definition) is 10. The molecule has 0 aliphatic rings. The predicted molar refractivity (Wildman–Crippen MR) is 90.1 cm³/mol. The van der Waals surface area contributed by atoms with Crippen LogP contribution in [-0.2, 0) is 0 Å². The molecule has 0 atom stereocenters. The van der Waals surface area contributed by atoms with Gasteiger partial charge in [0.1, 0.15) is 5.69 Å². The summed E-state index contributed by atoms with van der Waals surface area (Å²) in [6.07, 6.45) is 0. The molecule has 0 bridgehead atoms. The van der Waals surface area contributed by atoms with E-state index in [1.54, 1.807) is 24.3 Å². The van der Waals surface area contributed by atoms with Crippen molar-refractivity contribution in [1.82, 2.24) is 15.2 Å². The van der Waals surface area contributed by atoms with Gasteiger partial charge in [-0.1, -0.05) is 6.07 Å². The number of phenolic OH excluding ortho intramolecular Hbond substituents is 1. The Bertz CT molecular complexity index is 990. The van der Waals surface area contributed by atoms with Gasteiger partial charge in [0.25, 0.3) is 5.95 Å². The van der Waals surface area contributed by atoms with Gasteiger partial charge in [0.15, 0.2) is 5.75 Å². The summed E-state index contributed by atoms with van der Waals surface area (Å²) in [6.45, 7) is 0. The molecule has 128 valence electrons. The number of phenols is 1. The molecule has 1 heterocycles. The van der Waals surface area contributed by atoms with Crippen molar-refractivity contribution in [2.45, 2.75) is 9.79 Å². The Kier molecular flexibility index (Phi) is 4.85. The summed E-state index contributed by atoms with van der Waals surface area (Å²) in [6, 6.07) is 6.47. The van der Waals surface area contributed by atoms with E-state index in [1.807, 2.05) is 0 Å². The Morgan fingerprint density at radius 2 is 1.96 bits per heavy atom. The van der Waals surface area contributed by atoms with Crippen molar-refractivity contribution < 1.29 is 24.1 Å². The summed E-state index contributed by atoms with van der Waals surface area (Å²) in [7, 11) is 0. The molecule has 0 spiro atoms. The second kappa shape index (κ2) is 7.06. The van der Waals surface area contributed by atoms with Crippen LogP contribution in [0, 0.1) is 0 Å². The zero-order valence-corrected chi connectivity index (χ0v) is 13.7. The molecule has 0 aliphatic heterocycles. The van der Waals surface area contributed by atoms with E-state index in [-0.39, 0.29) is 22.3 Å². The van der Waals surface area contributed by atoms with E-state index in [0.717, 1.165) is 0 Å². The maximum Gasteiger partial charge on any atom is 0.373 e. The summed E-state index contributed by atoms with van der Waals surface area (Å²) in [5.41, 5.74) is 0.0200. The monoisotopic (exact) mass is 379 g/mol. The van der Waals surface area contributed by atoms with Crippen molar-refractivity contribution in [2.24, 2.45) is 10.2 Å². The molecule has 0 fully saturated rings. The van der Waals surface area contributed by atoms with Gasteiger partial charge in [-0.3, -0.25) is 5.10 Å². The van der Waals surface area contributed by atoms with Crippen molar-refractivity contribution in [3.63, 3.8) is 0 Å². The fourth-order valence-electron chi connectivity index (χ4n) is 2.04. The van der Waals surface area contributed by atoms with E-state index in [0.29, 0.717) is 39.8 Å². The third-order valence-electron chi connectivity index (χ3n) is 3.14. The first-order valence-electron chi connectivity index (χ1n) is 6.53. The van der Waals surface area contributed by atoms with E-state index >= 15 is 0 Å². The summed E-state index contributed by atoms with van der Waals surface area (Å²) in [5, 5.41) is 33.5. The zero-order chi connectivity index (χ0) is 18.0. The first-order valence-corrected chi connectivity index (χ1v) is 8.08. The molecular weight excluding hydrogens is 370 g/mol. The Morgan fingerprint density at radius 1 is 1.16 bits per heavy atom. The fraction of sp³-hybridized carbons (Fsp3) is 0. The van der Waals surface area contributed by atoms with E-state index < -0.39 is 11.8 Å². The fourth-order valence-corrected chi connectivity index (χ4v) is 2.70. The predicted octanol–water partition coefficient (Wildman–Crippen LogP) is 3.91. The van der Waals surface area contributed by atoms with Crippen LogP contribution in [0.1, 0.15) is 10.6 Å². The smallest absolute Gasteiger partial charge is 0.373 e. The van der Waals surface area contributed by atoms with Crippen LogP contribution < -0.4 is 0 Å². The van der Waals surface area contributed by atoms with Crippen LogP contribution in [0.2, 0.25) is 0 Å². The summed E-state index contributed by atoms with van der Waals surface area (Å²) in [5.74, 6) is -2.26. The second-order valence-electron chi connectivity index (χ2n) is 4.63. The molecule has 25 heavy (non-hydrogen) atoms. The number of aromatic hydroxyl groups is 1. The normalized spacial score (nSPS) is 11.4. The third kappa shape index (κ3) is 3.41. The molecule has 2 aromatic carbocycles. The molecular formula is C13H9N5O5S2. The van der Waals surface area contributed by atoms with Crippen molar-refractivity contribution >= 4 is 52.5 Å². The number of carbonyl (C=O) groups is 1. The molecule has 5 N–H and O–H groups in total. The maximum atomic E-state index is 10.8. The molecule has 0 aliphatic carbocycles. The minimum atomic E-state index is -1.30. The molecule has 10 nitrogen and oxygen atoms in total. The van der Waals surface area contributed by atoms with Crippen LogP contribution in [0.4, 0.5) is 11.6 Å². The number of nitrogens with zero attached hydrogens (tertiary/aromatic N) is 4. The van der Waals surface area contributed by atoms with Crippen LogP contribution >= 0.6 is 24.1 Å². The number of rotatable bonds is 5. The van der Waals surface area contributed by atoms with E-state index in [2.05, 4.69) is 25.4 Å². The SMILES string of the molecule is O=C(O)c1nc(N=Nc2c(O)c(SO)cc3ccc(SO)cc23)n[nH]1. The van der Waals surface area contributed by atoms with Crippen LogP contribution in [-0.4, -0.2) is 40.5 Å². The Balaban J connectivity index is 2.13. The molecule has 0 unspecified atom stereocenters. The highest BCUT2D eigenvalue weighted by atomic mass is 32.2. The van der Waals surface area contributed by atoms with Crippen LogP contribution in [0.3, 0.4) is 0 Å². The van der Waals surface area contributed by atoms with Gasteiger partial charge in [0, 0.05) is 34.4 Å². The average Bonchev–Trinajstić information content (AvgIpc) is 3.09. The number of fused-ring (bicyclic) bond motifs is 1. The number of aromatic amines is 1. The molecule has 3 rings (SSSR count). The standard InChI is InChI=1S/C13H9N5O5S2/c19-10-8(25-23)3-5-1-2-6(24-22)4-7(5)9(10)15-17-13-14-11(12(20)21)16-18-13/h1-4,19,22-23H,(H,20,21)(H,14,16,18). The zero-order valence-electron chi connectivity index (χ0n) is 12.1. The van der Waals surface area contributed by atoms with Gasteiger partial charge in [-0.25, -0.2) is 4.79 Å². The topological polar surface area (TPSA) is 164 Å². The number of hydrogen-bond donors (Lipinski definition) is 5. The summed E-state index contributed by atoms with van der Waals surface area (Å²) in [4.78, 5) is 15.0. The highest BCUT2D eigenvalue weighted by Crippen LogP contribution is 2.43. The number of azo groups is 1. The van der Waals surface area contributed by atoms with E-state index in [4.69, 9.17) is 5.11 Å².